The van der Waals surface area contributed by atoms with Gasteiger partial charge in [0.2, 0.25) is 0 Å². The van der Waals surface area contributed by atoms with Crippen LogP contribution in [0.2, 0.25) is 0 Å². The molecule has 1 saturated carbocycles. The van der Waals surface area contributed by atoms with Gasteiger partial charge in [-0.05, 0) is 37.1 Å². The van der Waals surface area contributed by atoms with E-state index in [0.717, 1.165) is 34.8 Å². The molecular formula is C22H31N2OP. The maximum atomic E-state index is 15.0. The van der Waals surface area contributed by atoms with Crippen LogP contribution in [0, 0.1) is 0 Å². The highest BCUT2D eigenvalue weighted by Crippen LogP contribution is 2.56. The van der Waals surface area contributed by atoms with Gasteiger partial charge >= 0.3 is 0 Å². The Morgan fingerprint density at radius 2 is 1.15 bits per heavy atom. The van der Waals surface area contributed by atoms with Gasteiger partial charge in [-0.25, -0.2) is 0 Å². The molecule has 4 heteroatoms. The molecule has 1 fully saturated rings. The highest BCUT2D eigenvalue weighted by Gasteiger charge is 2.40. The molecule has 0 aromatic heterocycles. The summed E-state index contributed by atoms with van der Waals surface area (Å²) < 4.78 is 15.0. The smallest absolute Gasteiger partial charge is 0.150 e. The fourth-order valence-electron chi connectivity index (χ4n) is 4.21. The minimum Gasteiger partial charge on any atom is -0.377 e. The summed E-state index contributed by atoms with van der Waals surface area (Å²) in [7, 11) is 5.41. The first-order chi connectivity index (χ1) is 12.5. The molecule has 1 aliphatic carbocycles. The fraction of sp³-hybridized carbons (Fsp3) is 0.455. The summed E-state index contributed by atoms with van der Waals surface area (Å²) in [5.41, 5.74) is 2.39. The molecule has 0 spiro atoms. The van der Waals surface area contributed by atoms with Crippen molar-refractivity contribution >= 4 is 29.1 Å². The summed E-state index contributed by atoms with van der Waals surface area (Å²) in [5.74, 6) is 0. The van der Waals surface area contributed by atoms with Crippen molar-refractivity contribution in [2.75, 3.05) is 38.0 Å². The molecule has 0 heterocycles. The Bertz CT molecular complexity index is 739. The molecule has 3 rings (SSSR count). The van der Waals surface area contributed by atoms with Crippen molar-refractivity contribution in [3.63, 3.8) is 0 Å². The highest BCUT2D eigenvalue weighted by molar-refractivity contribution is 7.80. The number of hydrogen-bond acceptors (Lipinski definition) is 3. The average molecular weight is 370 g/mol. The van der Waals surface area contributed by atoms with E-state index < -0.39 is 7.14 Å². The Balaban J connectivity index is 2.27. The molecule has 2 aromatic rings. The van der Waals surface area contributed by atoms with Crippen LogP contribution in [-0.2, 0) is 4.57 Å². The molecule has 0 aliphatic heterocycles. The predicted octanol–water partition coefficient (Wildman–Crippen LogP) is 4.47. The summed E-state index contributed by atoms with van der Waals surface area (Å²) in [6.45, 7) is 0. The van der Waals surface area contributed by atoms with Crippen LogP contribution in [0.25, 0.3) is 0 Å². The third-order valence-corrected chi connectivity index (χ3v) is 9.26. The van der Waals surface area contributed by atoms with Crippen molar-refractivity contribution in [2.45, 2.75) is 37.8 Å². The summed E-state index contributed by atoms with van der Waals surface area (Å²) >= 11 is 0. The second kappa shape index (κ2) is 7.88. The van der Waals surface area contributed by atoms with E-state index in [2.05, 4.69) is 34.1 Å². The molecule has 1 aliphatic rings. The number of anilines is 2. The lowest BCUT2D eigenvalue weighted by molar-refractivity contribution is 0.490. The van der Waals surface area contributed by atoms with Crippen LogP contribution in [0.15, 0.2) is 48.5 Å². The number of benzene rings is 2. The van der Waals surface area contributed by atoms with E-state index in [0.29, 0.717) is 0 Å². The van der Waals surface area contributed by atoms with Gasteiger partial charge < -0.3 is 14.4 Å². The summed E-state index contributed by atoms with van der Waals surface area (Å²) in [6, 6.07) is 16.6. The maximum absolute atomic E-state index is 15.0. The molecule has 140 valence electrons. The molecular weight excluding hydrogens is 339 g/mol. The standard InChI is InChI=1S/C22H31N2OP/c1-23(2)19-14-8-10-16-21(19)26(25,18-12-6-5-7-13-18)22-17-11-9-15-20(22)24(3)4/h8-11,14-18H,5-7,12-13H2,1-4H3. The van der Waals surface area contributed by atoms with Gasteiger partial charge in [-0.3, -0.25) is 0 Å². The van der Waals surface area contributed by atoms with E-state index in [-0.39, 0.29) is 5.66 Å². The zero-order chi connectivity index (χ0) is 18.7. The van der Waals surface area contributed by atoms with Gasteiger partial charge in [0, 0.05) is 55.8 Å². The van der Waals surface area contributed by atoms with Crippen LogP contribution < -0.4 is 20.4 Å². The second-order valence-electron chi connectivity index (χ2n) is 7.72. The zero-order valence-corrected chi connectivity index (χ0v) is 17.4. The molecule has 26 heavy (non-hydrogen) atoms. The van der Waals surface area contributed by atoms with Crippen LogP contribution in [0.5, 0.6) is 0 Å². The van der Waals surface area contributed by atoms with Gasteiger partial charge in [-0.2, -0.15) is 0 Å². The molecule has 0 radical (unpaired) electrons. The van der Waals surface area contributed by atoms with Crippen LogP contribution in [0.3, 0.4) is 0 Å². The van der Waals surface area contributed by atoms with Crippen molar-refractivity contribution in [1.29, 1.82) is 0 Å². The molecule has 0 N–H and O–H groups in total. The molecule has 0 saturated heterocycles. The fourth-order valence-corrected chi connectivity index (χ4v) is 8.20. The Labute approximate surface area is 158 Å². The maximum Gasteiger partial charge on any atom is 0.150 e. The van der Waals surface area contributed by atoms with E-state index in [9.17, 15) is 4.57 Å². The Morgan fingerprint density at radius 3 is 1.58 bits per heavy atom. The molecule has 0 atom stereocenters. The van der Waals surface area contributed by atoms with Crippen LogP contribution in [0.4, 0.5) is 11.4 Å². The first-order valence-corrected chi connectivity index (χ1v) is 11.4. The van der Waals surface area contributed by atoms with Crippen molar-refractivity contribution in [1.82, 2.24) is 0 Å². The van der Waals surface area contributed by atoms with E-state index in [4.69, 9.17) is 0 Å². The van der Waals surface area contributed by atoms with Gasteiger partial charge in [0.05, 0.1) is 0 Å². The number of nitrogens with zero attached hydrogens (tertiary/aromatic N) is 2. The average Bonchev–Trinajstić information content (AvgIpc) is 2.68. The Morgan fingerprint density at radius 1 is 0.731 bits per heavy atom. The van der Waals surface area contributed by atoms with Crippen LogP contribution >= 0.6 is 7.14 Å². The minimum atomic E-state index is -2.77. The van der Waals surface area contributed by atoms with Gasteiger partial charge in [-0.15, -0.1) is 0 Å². The van der Waals surface area contributed by atoms with Gasteiger partial charge in [-0.1, -0.05) is 43.5 Å². The van der Waals surface area contributed by atoms with Crippen molar-refractivity contribution in [3.05, 3.63) is 48.5 Å². The lowest BCUT2D eigenvalue weighted by atomic mass is 10.0. The Kier molecular flexibility index (Phi) is 5.77. The Hall–Kier alpha value is -1.73. The van der Waals surface area contributed by atoms with E-state index >= 15 is 0 Å². The topological polar surface area (TPSA) is 23.6 Å². The van der Waals surface area contributed by atoms with Crippen molar-refractivity contribution in [3.8, 4) is 0 Å². The predicted molar refractivity (Wildman–Crippen MR) is 115 cm³/mol. The largest absolute Gasteiger partial charge is 0.377 e. The second-order valence-corrected chi connectivity index (χ2v) is 10.7. The number of rotatable bonds is 5. The molecule has 2 aromatic carbocycles. The van der Waals surface area contributed by atoms with Crippen molar-refractivity contribution in [2.24, 2.45) is 0 Å². The molecule has 0 amide bonds. The zero-order valence-electron chi connectivity index (χ0n) is 16.5. The summed E-state index contributed by atoms with van der Waals surface area (Å²) in [4.78, 5) is 4.20. The molecule has 0 unspecified atom stereocenters. The van der Waals surface area contributed by atoms with E-state index in [1.54, 1.807) is 0 Å². The van der Waals surface area contributed by atoms with Crippen molar-refractivity contribution < 1.29 is 4.57 Å². The first-order valence-electron chi connectivity index (χ1n) is 9.60. The highest BCUT2D eigenvalue weighted by atomic mass is 31.2. The van der Waals surface area contributed by atoms with Gasteiger partial charge in [0.25, 0.3) is 0 Å². The van der Waals surface area contributed by atoms with Gasteiger partial charge in [0.15, 0.2) is 0 Å². The van der Waals surface area contributed by atoms with Crippen LogP contribution in [0.1, 0.15) is 32.1 Å². The SMILES string of the molecule is CN(C)c1ccccc1P(=O)(c1ccccc1N(C)C)C1CCCCC1. The normalized spacial score (nSPS) is 15.7. The summed E-state index contributed by atoms with van der Waals surface area (Å²) in [6.07, 6.45) is 5.74. The molecule has 0 bridgehead atoms. The lowest BCUT2D eigenvalue weighted by Gasteiger charge is -2.35. The quantitative estimate of drug-likeness (QED) is 0.726. The number of hydrogen-bond donors (Lipinski definition) is 0. The monoisotopic (exact) mass is 370 g/mol. The van der Waals surface area contributed by atoms with Gasteiger partial charge in [0.1, 0.15) is 7.14 Å². The third kappa shape index (κ3) is 3.42. The van der Waals surface area contributed by atoms with E-state index in [1.807, 2.05) is 52.5 Å². The lowest BCUT2D eigenvalue weighted by Crippen LogP contribution is -2.33. The first kappa shape index (κ1) is 19.0. The summed E-state index contributed by atoms with van der Waals surface area (Å²) in [5, 5.41) is 2.04. The molecule has 3 nitrogen and oxygen atoms in total. The minimum absolute atomic E-state index is 0.235. The van der Waals surface area contributed by atoms with E-state index in [1.165, 1.54) is 19.3 Å². The third-order valence-electron chi connectivity index (χ3n) is 5.53. The van der Waals surface area contributed by atoms with Crippen LogP contribution in [-0.4, -0.2) is 33.8 Å². The number of para-hydroxylation sites is 2.